The number of rotatable bonds is 9. The Kier molecular flexibility index (Phi) is 15.6. The molecule has 0 radical (unpaired) electrons. The third-order valence-electron chi connectivity index (χ3n) is 21.8. The van der Waals surface area contributed by atoms with Crippen LogP contribution in [-0.2, 0) is 13.6 Å². The molecule has 8 aliphatic rings. The van der Waals surface area contributed by atoms with Crippen LogP contribution in [0.15, 0.2) is 18.7 Å². The highest BCUT2D eigenvalue weighted by atomic mass is 28.4. The van der Waals surface area contributed by atoms with Gasteiger partial charge in [-0.15, -0.1) is 0 Å². The van der Waals surface area contributed by atoms with Gasteiger partial charge in [-0.3, -0.25) is 0 Å². The van der Waals surface area contributed by atoms with Gasteiger partial charge in [0, 0.05) is 31.2 Å². The lowest BCUT2D eigenvalue weighted by atomic mass is 9.43. The summed E-state index contributed by atoms with van der Waals surface area (Å²) in [6, 6.07) is 0. The number of fused-ring (bicyclic) bond motifs is 10. The third kappa shape index (κ3) is 9.82. The fraction of sp³-hybridized carbons (Fsp3) is 0.930. The second-order valence-electron chi connectivity index (χ2n) is 27.9. The van der Waals surface area contributed by atoms with Crippen LogP contribution >= 0.6 is 0 Å². The van der Waals surface area contributed by atoms with Gasteiger partial charge in [-0.05, 0) is 234 Å². The molecule has 1 N–H and O–H groups in total. The van der Waals surface area contributed by atoms with Gasteiger partial charge >= 0.3 is 6.09 Å². The van der Waals surface area contributed by atoms with Crippen LogP contribution in [0.3, 0.4) is 0 Å². The summed E-state index contributed by atoms with van der Waals surface area (Å²) >= 11 is 0. The van der Waals surface area contributed by atoms with Gasteiger partial charge in [-0.2, -0.15) is 0 Å². The maximum Gasteiger partial charge on any atom is 0.419 e. The average molecular weight is 952 g/mol. The summed E-state index contributed by atoms with van der Waals surface area (Å²) in [5, 5.41) is 9.94. The van der Waals surface area contributed by atoms with Crippen LogP contribution in [0.1, 0.15) is 166 Å². The molecule has 378 valence electrons. The van der Waals surface area contributed by atoms with Crippen molar-refractivity contribution >= 4 is 22.7 Å². The monoisotopic (exact) mass is 951 g/mol. The first kappa shape index (κ1) is 52.8. The first-order chi connectivity index (χ1) is 30.4. The fourth-order valence-electron chi connectivity index (χ4n) is 18.8. The van der Waals surface area contributed by atoms with E-state index in [0.29, 0.717) is 76.7 Å². The summed E-state index contributed by atoms with van der Waals surface area (Å²) in [4.78, 5) is 16.4. The van der Waals surface area contributed by atoms with Gasteiger partial charge < -0.3 is 18.7 Å². The fourth-order valence-corrected chi connectivity index (χ4v) is 21.1. The normalized spacial score (nSPS) is 46.0. The molecule has 9 heteroatoms. The summed E-state index contributed by atoms with van der Waals surface area (Å²) in [7, 11) is -3.22. The molecule has 8 aliphatic carbocycles. The van der Waals surface area contributed by atoms with Crippen molar-refractivity contribution in [3.8, 4) is 0 Å². The molecule has 0 bridgehead atoms. The third-order valence-corrected chi connectivity index (χ3v) is 23.9. The summed E-state index contributed by atoms with van der Waals surface area (Å²) in [5.74, 6) is 10.2. The van der Waals surface area contributed by atoms with E-state index in [2.05, 4.69) is 99.7 Å². The van der Waals surface area contributed by atoms with Gasteiger partial charge in [0.05, 0.1) is 6.61 Å². The van der Waals surface area contributed by atoms with Crippen LogP contribution in [0.2, 0.25) is 39.3 Å². The number of hydrogen-bond donors (Lipinski definition) is 1. The van der Waals surface area contributed by atoms with Crippen molar-refractivity contribution in [3.63, 3.8) is 0 Å². The summed E-state index contributed by atoms with van der Waals surface area (Å²) in [6.07, 6.45) is 27.2. The number of aliphatic hydroxyl groups excluding tert-OH is 1. The molecule has 0 aliphatic heterocycles. The Balaban J connectivity index is 0.000000198. The molecule has 1 aromatic rings. The van der Waals surface area contributed by atoms with E-state index in [1.807, 2.05) is 0 Å². The van der Waals surface area contributed by atoms with Crippen LogP contribution in [0.25, 0.3) is 0 Å². The maximum atomic E-state index is 12.4. The highest BCUT2D eigenvalue weighted by molar-refractivity contribution is 6.70. The van der Waals surface area contributed by atoms with Gasteiger partial charge in [0.1, 0.15) is 6.33 Å². The molecule has 0 spiro atoms. The SMILES string of the molecule is C.C[C@@H]1CC[C@@]2(C)[C@@H](C1)C[C@@H](O[Si](C)(C)C)[C@@H]1[C@@H]2CC[C@]2(C)[C@@H]([C@H](C)CO)CC[C@@H]12.C[C@@H]1CC[C@@]2(C)[C@@H](C1)C[C@@H](O[Si](C)(C)C)[C@@H]1[C@@H]2CC[C@]2(C)[C@@H]([C@H](C)COC(=O)n3ccnc3)CC[C@@H]12. The lowest BCUT2D eigenvalue weighted by Gasteiger charge is -2.63. The lowest BCUT2D eigenvalue weighted by Crippen LogP contribution is -2.60. The quantitative estimate of drug-likeness (QED) is 0.248. The van der Waals surface area contributed by atoms with Crippen LogP contribution in [0.4, 0.5) is 4.79 Å². The molecule has 9 rings (SSSR count). The molecule has 20 atom stereocenters. The smallest absolute Gasteiger partial charge is 0.419 e. The van der Waals surface area contributed by atoms with Gasteiger partial charge in [-0.25, -0.2) is 14.3 Å². The number of aromatic nitrogens is 2. The number of ether oxygens (including phenoxy) is 1. The Morgan fingerprint density at radius 1 is 0.652 bits per heavy atom. The van der Waals surface area contributed by atoms with Gasteiger partial charge in [0.25, 0.3) is 0 Å². The zero-order valence-electron chi connectivity index (χ0n) is 44.2. The number of hydrogen-bond acceptors (Lipinski definition) is 6. The van der Waals surface area contributed by atoms with E-state index >= 15 is 0 Å². The van der Waals surface area contributed by atoms with E-state index in [9.17, 15) is 9.90 Å². The molecule has 8 fully saturated rings. The molecule has 0 unspecified atom stereocenters. The molecule has 7 nitrogen and oxygen atoms in total. The molecule has 0 amide bonds. The highest BCUT2D eigenvalue weighted by Gasteiger charge is 2.65. The van der Waals surface area contributed by atoms with E-state index in [0.717, 1.165) is 53.3 Å². The van der Waals surface area contributed by atoms with Crippen molar-refractivity contribution in [1.82, 2.24) is 9.55 Å². The number of carbonyl (C=O) groups is 1. The molecule has 8 saturated carbocycles. The van der Waals surface area contributed by atoms with Crippen molar-refractivity contribution < 1.29 is 23.5 Å². The van der Waals surface area contributed by atoms with E-state index in [1.54, 1.807) is 12.4 Å². The molecular weight excluding hydrogens is 849 g/mol. The average Bonchev–Trinajstić information content (AvgIpc) is 3.98. The van der Waals surface area contributed by atoms with Crippen molar-refractivity contribution in [3.05, 3.63) is 18.7 Å². The molecule has 1 aromatic heterocycles. The number of carbonyl (C=O) groups excluding carboxylic acids is 1. The highest BCUT2D eigenvalue weighted by Crippen LogP contribution is 2.71. The zero-order chi connectivity index (χ0) is 47.1. The Bertz CT molecular complexity index is 1780. The van der Waals surface area contributed by atoms with Crippen LogP contribution in [0, 0.1) is 105 Å². The Morgan fingerprint density at radius 2 is 1.08 bits per heavy atom. The molecular formula is C57H102N2O5Si2. The molecule has 0 saturated heterocycles. The molecule has 0 aromatic carbocycles. The van der Waals surface area contributed by atoms with Crippen LogP contribution in [0.5, 0.6) is 0 Å². The summed E-state index contributed by atoms with van der Waals surface area (Å²) in [5.41, 5.74) is 1.75. The van der Waals surface area contributed by atoms with E-state index in [-0.39, 0.29) is 13.5 Å². The summed E-state index contributed by atoms with van der Waals surface area (Å²) in [6.45, 7) is 35.3. The van der Waals surface area contributed by atoms with Crippen molar-refractivity contribution in [1.29, 1.82) is 0 Å². The predicted molar refractivity (Wildman–Crippen MR) is 277 cm³/mol. The minimum atomic E-state index is -1.64. The minimum Gasteiger partial charge on any atom is -0.449 e. The van der Waals surface area contributed by atoms with Crippen molar-refractivity contribution in [2.45, 2.75) is 217 Å². The topological polar surface area (TPSA) is 82.8 Å². The lowest BCUT2D eigenvalue weighted by molar-refractivity contribution is -0.164. The van der Waals surface area contributed by atoms with Gasteiger partial charge in [0.15, 0.2) is 16.6 Å². The van der Waals surface area contributed by atoms with Crippen LogP contribution in [-0.4, -0.2) is 62.8 Å². The first-order valence-electron chi connectivity index (χ1n) is 27.5. The Hall–Kier alpha value is -1.01. The predicted octanol–water partition coefficient (Wildman–Crippen LogP) is 15.0. The van der Waals surface area contributed by atoms with Crippen LogP contribution < -0.4 is 0 Å². The second kappa shape index (κ2) is 19.5. The van der Waals surface area contributed by atoms with E-state index in [1.165, 1.54) is 114 Å². The Labute approximate surface area is 407 Å². The summed E-state index contributed by atoms with van der Waals surface area (Å²) < 4.78 is 21.3. The Morgan fingerprint density at radius 3 is 1.48 bits per heavy atom. The number of nitrogens with zero attached hydrogens (tertiary/aromatic N) is 2. The van der Waals surface area contributed by atoms with Crippen molar-refractivity contribution in [2.75, 3.05) is 13.2 Å². The number of aliphatic hydroxyl groups is 1. The number of imidazole rings is 1. The first-order valence-corrected chi connectivity index (χ1v) is 34.3. The van der Waals surface area contributed by atoms with Gasteiger partial charge in [0.2, 0.25) is 0 Å². The van der Waals surface area contributed by atoms with E-state index in [4.69, 9.17) is 13.6 Å². The maximum absolute atomic E-state index is 12.4. The van der Waals surface area contributed by atoms with E-state index < -0.39 is 16.6 Å². The zero-order valence-corrected chi connectivity index (χ0v) is 46.2. The molecule has 66 heavy (non-hydrogen) atoms. The minimum absolute atomic E-state index is 0. The van der Waals surface area contributed by atoms with Crippen molar-refractivity contribution in [2.24, 2.45) is 105 Å². The largest absolute Gasteiger partial charge is 0.449 e. The molecule has 1 heterocycles. The van der Waals surface area contributed by atoms with Gasteiger partial charge in [-0.1, -0.05) is 75.7 Å². The standard InChI is InChI=1S/C30H50N2O3Si.C26H48O2Si.CH4/c1-20-10-12-29(3)22(16-20)17-26(35-36(5,6)7)27-24-9-8-23(30(24,4)13-11-25(27)29)21(2)18-34-28(33)32-15-14-31-19-32;1-17-10-12-25(3)19(14-17)15-23(28-29(5,6)7)24-21-9-8-20(18(2)16-27)26(21,4)13-11-22(24)25;/h14-15,19-27H,8-13,16-18H2,1-7H3;17-24,27H,8-16H2,1-7H3;1H4/t20-,21-,22+,23-,24+,25+,26-,27+,29+,30-;17-,18-,19+,20-,21+,22+,23-,24+,25+,26-;/m11./s1. The second-order valence-corrected chi connectivity index (χ2v) is 36.8.